The molecule has 19 heavy (non-hydrogen) atoms. The van der Waals surface area contributed by atoms with E-state index in [2.05, 4.69) is 13.0 Å². The number of piperidine rings is 1. The summed E-state index contributed by atoms with van der Waals surface area (Å²) in [6.45, 7) is 4.34. The standard InChI is InChI=1S/C15H19N3O/c1-11-6-7-18(10-14(11)9-17)15(19)13-4-2-12(8-16)3-5-13/h2-5,11,14H,6-7,9-10,17H2,1H3. The van der Waals surface area contributed by atoms with Gasteiger partial charge in [-0.15, -0.1) is 0 Å². The normalized spacial score (nSPS) is 22.9. The summed E-state index contributed by atoms with van der Waals surface area (Å²) in [5.74, 6) is 1.00. The van der Waals surface area contributed by atoms with Gasteiger partial charge in [-0.2, -0.15) is 5.26 Å². The molecule has 0 aliphatic carbocycles. The van der Waals surface area contributed by atoms with E-state index in [1.165, 1.54) is 0 Å². The maximum atomic E-state index is 12.4. The topological polar surface area (TPSA) is 70.1 Å². The molecular formula is C15H19N3O. The van der Waals surface area contributed by atoms with E-state index in [1.54, 1.807) is 24.3 Å². The van der Waals surface area contributed by atoms with Gasteiger partial charge in [0.2, 0.25) is 0 Å². The van der Waals surface area contributed by atoms with E-state index in [0.717, 1.165) is 19.5 Å². The van der Waals surface area contributed by atoms with Crippen LogP contribution in [0.2, 0.25) is 0 Å². The molecule has 100 valence electrons. The Kier molecular flexibility index (Phi) is 4.18. The van der Waals surface area contributed by atoms with Gasteiger partial charge in [0.1, 0.15) is 0 Å². The fourth-order valence-corrected chi connectivity index (χ4v) is 2.51. The second kappa shape index (κ2) is 5.85. The van der Waals surface area contributed by atoms with Crippen LogP contribution in [-0.4, -0.2) is 30.4 Å². The lowest BCUT2D eigenvalue weighted by atomic mass is 9.87. The first-order chi connectivity index (χ1) is 9.15. The summed E-state index contributed by atoms with van der Waals surface area (Å²) in [4.78, 5) is 14.2. The molecular weight excluding hydrogens is 238 g/mol. The van der Waals surface area contributed by atoms with Gasteiger partial charge in [0, 0.05) is 18.7 Å². The Labute approximate surface area is 113 Å². The van der Waals surface area contributed by atoms with Gasteiger partial charge in [-0.05, 0) is 49.1 Å². The molecule has 0 spiro atoms. The van der Waals surface area contributed by atoms with Crippen LogP contribution in [0.3, 0.4) is 0 Å². The minimum absolute atomic E-state index is 0.0369. The van der Waals surface area contributed by atoms with Crippen molar-refractivity contribution < 1.29 is 4.79 Å². The van der Waals surface area contributed by atoms with Crippen LogP contribution in [0.5, 0.6) is 0 Å². The molecule has 1 heterocycles. The molecule has 1 fully saturated rings. The Balaban J connectivity index is 2.09. The Morgan fingerprint density at radius 3 is 2.74 bits per heavy atom. The number of hydrogen-bond acceptors (Lipinski definition) is 3. The molecule has 1 saturated heterocycles. The number of amides is 1. The number of carbonyl (C=O) groups excluding carboxylic acids is 1. The van der Waals surface area contributed by atoms with Crippen LogP contribution >= 0.6 is 0 Å². The largest absolute Gasteiger partial charge is 0.338 e. The number of rotatable bonds is 2. The van der Waals surface area contributed by atoms with E-state index >= 15 is 0 Å². The second-order valence-electron chi connectivity index (χ2n) is 5.20. The zero-order chi connectivity index (χ0) is 13.8. The van der Waals surface area contributed by atoms with Crippen molar-refractivity contribution in [3.05, 3.63) is 35.4 Å². The monoisotopic (exact) mass is 257 g/mol. The lowest BCUT2D eigenvalue weighted by Crippen LogP contribution is -2.45. The molecule has 1 amide bonds. The van der Waals surface area contributed by atoms with Crippen LogP contribution in [0.15, 0.2) is 24.3 Å². The van der Waals surface area contributed by atoms with Gasteiger partial charge in [-0.3, -0.25) is 4.79 Å². The van der Waals surface area contributed by atoms with Crippen molar-refractivity contribution in [1.82, 2.24) is 4.90 Å². The highest BCUT2D eigenvalue weighted by Crippen LogP contribution is 2.23. The van der Waals surface area contributed by atoms with E-state index < -0.39 is 0 Å². The fourth-order valence-electron chi connectivity index (χ4n) is 2.51. The van der Waals surface area contributed by atoms with Gasteiger partial charge in [0.25, 0.3) is 5.91 Å². The van der Waals surface area contributed by atoms with Crippen molar-refractivity contribution in [2.45, 2.75) is 13.3 Å². The number of nitrogens with zero attached hydrogens (tertiary/aromatic N) is 2. The highest BCUT2D eigenvalue weighted by molar-refractivity contribution is 5.94. The van der Waals surface area contributed by atoms with Crippen molar-refractivity contribution in [3.63, 3.8) is 0 Å². The van der Waals surface area contributed by atoms with Gasteiger partial charge in [0.05, 0.1) is 11.6 Å². The quantitative estimate of drug-likeness (QED) is 0.875. The summed E-state index contributed by atoms with van der Waals surface area (Å²) in [6, 6.07) is 8.85. The summed E-state index contributed by atoms with van der Waals surface area (Å²) >= 11 is 0. The van der Waals surface area contributed by atoms with Crippen LogP contribution in [0.4, 0.5) is 0 Å². The predicted octanol–water partition coefficient (Wildman–Crippen LogP) is 1.62. The summed E-state index contributed by atoms with van der Waals surface area (Å²) in [5, 5.41) is 8.75. The summed E-state index contributed by atoms with van der Waals surface area (Å²) in [6.07, 6.45) is 1.00. The minimum Gasteiger partial charge on any atom is -0.338 e. The molecule has 1 aromatic carbocycles. The number of nitriles is 1. The van der Waals surface area contributed by atoms with Crippen molar-refractivity contribution in [3.8, 4) is 6.07 Å². The molecule has 2 N–H and O–H groups in total. The Morgan fingerprint density at radius 2 is 2.16 bits per heavy atom. The third kappa shape index (κ3) is 2.94. The van der Waals surface area contributed by atoms with Crippen molar-refractivity contribution in [2.24, 2.45) is 17.6 Å². The molecule has 0 bridgehead atoms. The van der Waals surface area contributed by atoms with Gasteiger partial charge >= 0.3 is 0 Å². The van der Waals surface area contributed by atoms with E-state index in [-0.39, 0.29) is 5.91 Å². The molecule has 0 saturated carbocycles. The molecule has 2 atom stereocenters. The van der Waals surface area contributed by atoms with Gasteiger partial charge < -0.3 is 10.6 Å². The third-order valence-electron chi connectivity index (χ3n) is 3.96. The summed E-state index contributed by atoms with van der Waals surface area (Å²) in [7, 11) is 0. The SMILES string of the molecule is CC1CCN(C(=O)c2ccc(C#N)cc2)CC1CN. The van der Waals surface area contributed by atoms with E-state index in [1.807, 2.05) is 4.90 Å². The van der Waals surface area contributed by atoms with Gasteiger partial charge in [0.15, 0.2) is 0 Å². The van der Waals surface area contributed by atoms with Crippen molar-refractivity contribution >= 4 is 5.91 Å². The van der Waals surface area contributed by atoms with Crippen molar-refractivity contribution in [1.29, 1.82) is 5.26 Å². The molecule has 4 heteroatoms. The first-order valence-corrected chi connectivity index (χ1v) is 6.65. The smallest absolute Gasteiger partial charge is 0.253 e. The number of nitrogens with two attached hydrogens (primary N) is 1. The van der Waals surface area contributed by atoms with Crippen LogP contribution in [0.25, 0.3) is 0 Å². The maximum Gasteiger partial charge on any atom is 0.253 e. The van der Waals surface area contributed by atoms with Crippen LogP contribution in [-0.2, 0) is 0 Å². The molecule has 0 radical (unpaired) electrons. The molecule has 0 aromatic heterocycles. The van der Waals surface area contributed by atoms with Crippen molar-refractivity contribution in [2.75, 3.05) is 19.6 Å². The maximum absolute atomic E-state index is 12.4. The van der Waals surface area contributed by atoms with E-state index in [9.17, 15) is 4.79 Å². The number of likely N-dealkylation sites (tertiary alicyclic amines) is 1. The Bertz CT molecular complexity index is 489. The molecule has 4 nitrogen and oxygen atoms in total. The fraction of sp³-hybridized carbons (Fsp3) is 0.467. The second-order valence-corrected chi connectivity index (χ2v) is 5.20. The van der Waals surface area contributed by atoms with E-state index in [4.69, 9.17) is 11.0 Å². The third-order valence-corrected chi connectivity index (χ3v) is 3.96. The van der Waals surface area contributed by atoms with Gasteiger partial charge in [-0.25, -0.2) is 0 Å². The van der Waals surface area contributed by atoms with Crippen LogP contribution < -0.4 is 5.73 Å². The molecule has 1 aromatic rings. The Hall–Kier alpha value is -1.86. The first-order valence-electron chi connectivity index (χ1n) is 6.65. The molecule has 1 aliphatic rings. The van der Waals surface area contributed by atoms with Crippen LogP contribution in [0.1, 0.15) is 29.3 Å². The molecule has 2 rings (SSSR count). The van der Waals surface area contributed by atoms with Crippen LogP contribution in [0, 0.1) is 23.2 Å². The summed E-state index contributed by atoms with van der Waals surface area (Å²) in [5.41, 5.74) is 6.97. The number of hydrogen-bond donors (Lipinski definition) is 1. The average molecular weight is 257 g/mol. The highest BCUT2D eigenvalue weighted by atomic mass is 16.2. The molecule has 1 aliphatic heterocycles. The summed E-state index contributed by atoms with van der Waals surface area (Å²) < 4.78 is 0. The minimum atomic E-state index is 0.0369. The average Bonchev–Trinajstić information content (AvgIpc) is 2.47. The first kappa shape index (κ1) is 13.6. The number of carbonyl (C=O) groups is 1. The highest BCUT2D eigenvalue weighted by Gasteiger charge is 2.28. The van der Waals surface area contributed by atoms with E-state index in [0.29, 0.717) is 29.5 Å². The lowest BCUT2D eigenvalue weighted by molar-refractivity contribution is 0.0618. The predicted molar refractivity (Wildman–Crippen MR) is 73.4 cm³/mol. The molecule has 2 unspecified atom stereocenters. The number of benzene rings is 1. The zero-order valence-corrected chi connectivity index (χ0v) is 11.2. The Morgan fingerprint density at radius 1 is 1.47 bits per heavy atom. The van der Waals surface area contributed by atoms with Gasteiger partial charge in [-0.1, -0.05) is 6.92 Å². The lowest BCUT2D eigenvalue weighted by Gasteiger charge is -2.36. The zero-order valence-electron chi connectivity index (χ0n) is 11.2.